The average molecular weight is 569 g/mol. The van der Waals surface area contributed by atoms with E-state index < -0.39 is 17.9 Å². The number of alkyl halides is 2. The molecule has 1 aliphatic rings. The molecule has 0 spiro atoms. The molecule has 0 amide bonds. The van der Waals surface area contributed by atoms with Crippen molar-refractivity contribution in [2.45, 2.75) is 57.8 Å². The molecule has 0 atom stereocenters. The molecule has 5 rings (SSSR count). The summed E-state index contributed by atoms with van der Waals surface area (Å²) in [7, 11) is 0. The lowest BCUT2D eigenvalue weighted by molar-refractivity contribution is 0.0257. The van der Waals surface area contributed by atoms with Crippen LogP contribution in [0.4, 0.5) is 14.6 Å². The fourth-order valence-corrected chi connectivity index (χ4v) is 5.11. The van der Waals surface area contributed by atoms with Crippen LogP contribution in [0, 0.1) is 0 Å². The van der Waals surface area contributed by atoms with Crippen LogP contribution in [-0.2, 0) is 17.7 Å². The molecule has 0 bridgehead atoms. The van der Waals surface area contributed by atoms with Crippen LogP contribution in [0.2, 0.25) is 0 Å². The molecule has 4 aromatic rings. The van der Waals surface area contributed by atoms with E-state index in [1.807, 2.05) is 75.4 Å². The zero-order valence-corrected chi connectivity index (χ0v) is 24.0. The van der Waals surface area contributed by atoms with Crippen molar-refractivity contribution in [2.75, 3.05) is 24.6 Å². The molecule has 212 valence electrons. The highest BCUT2D eigenvalue weighted by atomic mass is 32.2. The van der Waals surface area contributed by atoms with Crippen LogP contribution in [-0.4, -0.2) is 60.8 Å². The summed E-state index contributed by atoms with van der Waals surface area (Å²) in [5.41, 5.74) is 3.17. The van der Waals surface area contributed by atoms with E-state index in [4.69, 9.17) is 10.1 Å². The van der Waals surface area contributed by atoms with Crippen molar-refractivity contribution in [1.29, 1.82) is 0 Å². The number of aliphatic hydroxyl groups is 1. The van der Waals surface area contributed by atoms with Gasteiger partial charge >= 0.3 is 0 Å². The Morgan fingerprint density at radius 1 is 1.05 bits per heavy atom. The smallest absolute Gasteiger partial charge is 0.266 e. The molecule has 0 aliphatic carbocycles. The maximum atomic E-state index is 14.0. The van der Waals surface area contributed by atoms with Crippen molar-refractivity contribution < 1.29 is 18.7 Å². The molecular formula is C29H34F2N6O2S. The molecule has 1 N–H and O–H groups in total. The number of thioether (sulfide) groups is 1. The summed E-state index contributed by atoms with van der Waals surface area (Å²) in [6, 6.07) is 17.1. The number of carbonyl (C=O) groups is 1. The Morgan fingerprint density at radius 3 is 2.33 bits per heavy atom. The zero-order valence-electron chi connectivity index (χ0n) is 23.1. The lowest BCUT2D eigenvalue weighted by atomic mass is 9.96. The van der Waals surface area contributed by atoms with Crippen LogP contribution < -0.4 is 4.90 Å². The predicted octanol–water partition coefficient (Wildman–Crippen LogP) is 5.48. The van der Waals surface area contributed by atoms with Gasteiger partial charge in [0.25, 0.3) is 5.92 Å². The third-order valence-corrected chi connectivity index (χ3v) is 7.24. The second kappa shape index (κ2) is 12.4. The Bertz CT molecular complexity index is 1460. The highest BCUT2D eigenvalue weighted by molar-refractivity contribution is 8.13. The van der Waals surface area contributed by atoms with Crippen LogP contribution in [0.25, 0.3) is 11.2 Å². The molecule has 2 aromatic carbocycles. The fraction of sp³-hybridized carbons (Fsp3) is 0.414. The Hall–Kier alpha value is -3.44. The van der Waals surface area contributed by atoms with Gasteiger partial charge in [0.15, 0.2) is 17.0 Å². The SMILES string of the molecule is CC(C)(C)c1nc(N2CCC(F)(F)C2)c2nnn(Cc3ccccc3CSC(=O)c3ccccc3)c2n1.CCO. The number of halogens is 2. The topological polar surface area (TPSA) is 97.0 Å². The van der Waals surface area contributed by atoms with Crippen molar-refractivity contribution in [3.05, 3.63) is 77.1 Å². The molecule has 0 unspecified atom stereocenters. The summed E-state index contributed by atoms with van der Waals surface area (Å²) in [4.78, 5) is 23.6. The van der Waals surface area contributed by atoms with Gasteiger partial charge in [0.05, 0.1) is 13.1 Å². The zero-order chi connectivity index (χ0) is 28.9. The third-order valence-electron chi connectivity index (χ3n) is 6.29. The average Bonchev–Trinajstić information content (AvgIpc) is 3.50. The van der Waals surface area contributed by atoms with Crippen LogP contribution in [0.3, 0.4) is 0 Å². The number of aromatic nitrogens is 5. The second-order valence-corrected chi connectivity index (χ2v) is 11.5. The molecule has 1 saturated heterocycles. The van der Waals surface area contributed by atoms with Gasteiger partial charge in [-0.2, -0.15) is 0 Å². The van der Waals surface area contributed by atoms with E-state index in [9.17, 15) is 13.6 Å². The minimum absolute atomic E-state index is 0.0104. The Balaban J connectivity index is 0.00000118. The van der Waals surface area contributed by atoms with Gasteiger partial charge < -0.3 is 10.0 Å². The normalized spacial score (nSPS) is 14.7. The predicted molar refractivity (Wildman–Crippen MR) is 154 cm³/mol. The Morgan fingerprint density at radius 2 is 1.70 bits per heavy atom. The highest BCUT2D eigenvalue weighted by Crippen LogP contribution is 2.34. The number of fused-ring (bicyclic) bond motifs is 1. The van der Waals surface area contributed by atoms with Crippen molar-refractivity contribution in [3.8, 4) is 0 Å². The second-order valence-electron chi connectivity index (χ2n) is 10.6. The van der Waals surface area contributed by atoms with Crippen LogP contribution in [0.15, 0.2) is 54.6 Å². The quantitative estimate of drug-likeness (QED) is 0.326. The number of benzene rings is 2. The van der Waals surface area contributed by atoms with Crippen LogP contribution in [0.5, 0.6) is 0 Å². The first-order chi connectivity index (χ1) is 19.0. The van der Waals surface area contributed by atoms with Gasteiger partial charge in [-0.1, -0.05) is 92.3 Å². The molecule has 1 aliphatic heterocycles. The number of hydrogen-bond acceptors (Lipinski definition) is 8. The van der Waals surface area contributed by atoms with Gasteiger partial charge in [0.1, 0.15) is 5.82 Å². The van der Waals surface area contributed by atoms with E-state index in [-0.39, 0.29) is 24.7 Å². The minimum Gasteiger partial charge on any atom is -0.397 e. The number of aliphatic hydroxyl groups excluding tert-OH is 1. The monoisotopic (exact) mass is 568 g/mol. The standard InChI is InChI=1S/C27H28F2N6OS.C2H6O/c1-26(2,3)25-30-22(34-14-13-27(28,29)17-34)21-23(31-25)35(33-32-21)15-19-11-7-8-12-20(19)16-37-24(36)18-9-5-4-6-10-18;1-2-3/h4-12H,13-17H2,1-3H3;3H,2H2,1H3. The molecule has 11 heteroatoms. The summed E-state index contributed by atoms with van der Waals surface area (Å²) < 4.78 is 29.8. The molecule has 2 aromatic heterocycles. The molecule has 0 saturated carbocycles. The van der Waals surface area contributed by atoms with Crippen molar-refractivity contribution in [2.24, 2.45) is 0 Å². The van der Waals surface area contributed by atoms with E-state index in [1.54, 1.807) is 16.5 Å². The fourth-order valence-electron chi connectivity index (χ4n) is 4.24. The first kappa shape index (κ1) is 29.5. The molecule has 8 nitrogen and oxygen atoms in total. The molecule has 0 radical (unpaired) electrons. The molecule has 3 heterocycles. The summed E-state index contributed by atoms with van der Waals surface area (Å²) in [6.07, 6.45) is -0.218. The summed E-state index contributed by atoms with van der Waals surface area (Å²) in [5, 5.41) is 16.2. The van der Waals surface area contributed by atoms with E-state index in [2.05, 4.69) is 15.3 Å². The maximum Gasteiger partial charge on any atom is 0.266 e. The number of rotatable bonds is 6. The van der Waals surface area contributed by atoms with Crippen LogP contribution in [0.1, 0.15) is 61.4 Å². The summed E-state index contributed by atoms with van der Waals surface area (Å²) >= 11 is 1.25. The lowest BCUT2D eigenvalue weighted by Crippen LogP contribution is -2.27. The van der Waals surface area contributed by atoms with Crippen molar-refractivity contribution in [3.63, 3.8) is 0 Å². The number of anilines is 1. The molecular weight excluding hydrogens is 534 g/mol. The molecule has 1 fully saturated rings. The van der Waals surface area contributed by atoms with E-state index >= 15 is 0 Å². The van der Waals surface area contributed by atoms with Crippen LogP contribution >= 0.6 is 11.8 Å². The van der Waals surface area contributed by atoms with E-state index in [0.717, 1.165) is 11.1 Å². The first-order valence-electron chi connectivity index (χ1n) is 13.2. The van der Waals surface area contributed by atoms with E-state index in [1.165, 1.54) is 11.8 Å². The highest BCUT2D eigenvalue weighted by Gasteiger charge is 2.40. The summed E-state index contributed by atoms with van der Waals surface area (Å²) in [5.74, 6) is -1.31. The maximum absolute atomic E-state index is 14.0. The Kier molecular flexibility index (Phi) is 9.15. The van der Waals surface area contributed by atoms with Gasteiger partial charge in [0, 0.05) is 36.3 Å². The lowest BCUT2D eigenvalue weighted by Gasteiger charge is -2.22. The minimum atomic E-state index is -2.76. The Labute approximate surface area is 236 Å². The van der Waals surface area contributed by atoms with E-state index in [0.29, 0.717) is 40.7 Å². The van der Waals surface area contributed by atoms with Gasteiger partial charge in [-0.15, -0.1) is 5.10 Å². The van der Waals surface area contributed by atoms with Gasteiger partial charge in [-0.05, 0) is 18.1 Å². The van der Waals surface area contributed by atoms with Gasteiger partial charge in [-0.3, -0.25) is 4.79 Å². The van der Waals surface area contributed by atoms with Gasteiger partial charge in [0.2, 0.25) is 5.12 Å². The molecule has 40 heavy (non-hydrogen) atoms. The number of hydrogen-bond donors (Lipinski definition) is 1. The number of nitrogens with zero attached hydrogens (tertiary/aromatic N) is 6. The van der Waals surface area contributed by atoms with Crippen molar-refractivity contribution >= 4 is 33.9 Å². The van der Waals surface area contributed by atoms with Crippen molar-refractivity contribution in [1.82, 2.24) is 25.0 Å². The van der Waals surface area contributed by atoms with Gasteiger partial charge in [-0.25, -0.2) is 23.4 Å². The third kappa shape index (κ3) is 7.00. The summed E-state index contributed by atoms with van der Waals surface area (Å²) in [6.45, 7) is 8.07. The largest absolute Gasteiger partial charge is 0.397 e. The number of carbonyl (C=O) groups excluding carboxylic acids is 1. The first-order valence-corrected chi connectivity index (χ1v) is 14.1.